The molecule has 0 spiro atoms. The average molecular weight is 272 g/mol. The fraction of sp³-hybridized carbons (Fsp3) is 0.294. The fourth-order valence-corrected chi connectivity index (χ4v) is 1.85. The molecule has 3 nitrogen and oxygen atoms in total. The van der Waals surface area contributed by atoms with Gasteiger partial charge in [-0.1, -0.05) is 18.2 Å². The summed E-state index contributed by atoms with van der Waals surface area (Å²) in [5, 5.41) is 0. The van der Waals surface area contributed by atoms with E-state index < -0.39 is 0 Å². The molecule has 0 N–H and O–H groups in total. The third-order valence-corrected chi connectivity index (χ3v) is 3.16. The lowest BCUT2D eigenvalue weighted by molar-refractivity contribution is 0.211. The average Bonchev–Trinajstić information content (AvgIpc) is 2.47. The molecule has 0 unspecified atom stereocenters. The molecule has 20 heavy (non-hydrogen) atoms. The first kappa shape index (κ1) is 14.3. The number of hydrogen-bond donors (Lipinski definition) is 0. The van der Waals surface area contributed by atoms with Crippen molar-refractivity contribution in [2.24, 2.45) is 0 Å². The zero-order chi connectivity index (χ0) is 14.4. The van der Waals surface area contributed by atoms with Crippen molar-refractivity contribution < 1.29 is 14.2 Å². The van der Waals surface area contributed by atoms with Crippen LogP contribution < -0.4 is 14.2 Å². The van der Waals surface area contributed by atoms with Gasteiger partial charge in [0.25, 0.3) is 0 Å². The lowest BCUT2D eigenvalue weighted by Crippen LogP contribution is -2.09. The molecular formula is C17H20O3. The summed E-state index contributed by atoms with van der Waals surface area (Å²) in [6.07, 6.45) is 0. The maximum absolute atomic E-state index is 5.67. The van der Waals surface area contributed by atoms with Crippen LogP contribution in [0.15, 0.2) is 42.5 Å². The van der Waals surface area contributed by atoms with Crippen LogP contribution in [0, 0.1) is 13.8 Å². The Morgan fingerprint density at radius 1 is 0.800 bits per heavy atom. The molecule has 0 atom stereocenters. The van der Waals surface area contributed by atoms with E-state index in [0.29, 0.717) is 13.2 Å². The van der Waals surface area contributed by atoms with E-state index in [2.05, 4.69) is 19.9 Å². The maximum atomic E-state index is 5.67. The number of ether oxygens (including phenoxy) is 3. The molecule has 2 aromatic carbocycles. The van der Waals surface area contributed by atoms with E-state index in [1.807, 2.05) is 36.4 Å². The molecule has 2 aromatic rings. The quantitative estimate of drug-likeness (QED) is 0.749. The van der Waals surface area contributed by atoms with E-state index in [-0.39, 0.29) is 0 Å². The van der Waals surface area contributed by atoms with Crippen molar-refractivity contribution in [3.05, 3.63) is 53.6 Å². The van der Waals surface area contributed by atoms with E-state index >= 15 is 0 Å². The summed E-state index contributed by atoms with van der Waals surface area (Å²) < 4.78 is 16.5. The Kier molecular flexibility index (Phi) is 4.88. The highest BCUT2D eigenvalue weighted by molar-refractivity contribution is 5.39. The van der Waals surface area contributed by atoms with Crippen LogP contribution in [0.4, 0.5) is 0 Å². The molecule has 2 rings (SSSR count). The monoisotopic (exact) mass is 272 g/mol. The number of benzene rings is 2. The first-order valence-electron chi connectivity index (χ1n) is 6.66. The van der Waals surface area contributed by atoms with Gasteiger partial charge in [-0.05, 0) is 49.2 Å². The summed E-state index contributed by atoms with van der Waals surface area (Å²) in [6, 6.07) is 13.7. The Labute approximate surface area is 120 Å². The second-order valence-electron chi connectivity index (χ2n) is 4.59. The van der Waals surface area contributed by atoms with E-state index in [1.54, 1.807) is 7.11 Å². The molecule has 0 aliphatic heterocycles. The molecule has 106 valence electrons. The Bertz CT molecular complexity index is 564. The van der Waals surface area contributed by atoms with E-state index in [0.717, 1.165) is 17.2 Å². The van der Waals surface area contributed by atoms with Gasteiger partial charge in [0.2, 0.25) is 0 Å². The summed E-state index contributed by atoms with van der Waals surface area (Å²) in [5.74, 6) is 2.34. The second-order valence-corrected chi connectivity index (χ2v) is 4.59. The molecule has 0 amide bonds. The Morgan fingerprint density at radius 3 is 2.20 bits per heavy atom. The molecule has 0 aliphatic carbocycles. The van der Waals surface area contributed by atoms with Gasteiger partial charge in [0.1, 0.15) is 19.0 Å². The van der Waals surface area contributed by atoms with Gasteiger partial charge >= 0.3 is 0 Å². The maximum Gasteiger partial charge on any atom is 0.161 e. The minimum absolute atomic E-state index is 0.479. The number of aryl methyl sites for hydroxylation is 2. The summed E-state index contributed by atoms with van der Waals surface area (Å²) in [7, 11) is 1.63. The van der Waals surface area contributed by atoms with Crippen molar-refractivity contribution in [1.82, 2.24) is 0 Å². The third kappa shape index (κ3) is 3.67. The van der Waals surface area contributed by atoms with E-state index in [1.165, 1.54) is 11.1 Å². The highest BCUT2D eigenvalue weighted by Crippen LogP contribution is 2.25. The Balaban J connectivity index is 1.83. The van der Waals surface area contributed by atoms with Crippen LogP contribution >= 0.6 is 0 Å². The molecule has 0 aliphatic rings. The topological polar surface area (TPSA) is 27.7 Å². The summed E-state index contributed by atoms with van der Waals surface area (Å²) >= 11 is 0. The standard InChI is InChI=1S/C17H20O3/c1-13-8-9-15(12-14(13)2)19-10-11-20-17-7-5-4-6-16(17)18-3/h4-9,12H,10-11H2,1-3H3. The highest BCUT2D eigenvalue weighted by Gasteiger charge is 2.02. The van der Waals surface area contributed by atoms with Gasteiger partial charge in [0, 0.05) is 0 Å². The third-order valence-electron chi connectivity index (χ3n) is 3.16. The Morgan fingerprint density at radius 2 is 1.50 bits per heavy atom. The van der Waals surface area contributed by atoms with Crippen molar-refractivity contribution >= 4 is 0 Å². The van der Waals surface area contributed by atoms with E-state index in [9.17, 15) is 0 Å². The smallest absolute Gasteiger partial charge is 0.161 e. The molecule has 0 saturated carbocycles. The van der Waals surface area contributed by atoms with Crippen LogP contribution in [0.1, 0.15) is 11.1 Å². The SMILES string of the molecule is COc1ccccc1OCCOc1ccc(C)c(C)c1. The molecule has 3 heteroatoms. The molecule has 0 bridgehead atoms. The molecule has 0 saturated heterocycles. The zero-order valence-electron chi connectivity index (χ0n) is 12.2. The first-order chi connectivity index (χ1) is 9.70. The zero-order valence-corrected chi connectivity index (χ0v) is 12.2. The van der Waals surface area contributed by atoms with Gasteiger partial charge in [-0.2, -0.15) is 0 Å². The molecular weight excluding hydrogens is 252 g/mol. The van der Waals surface area contributed by atoms with Gasteiger partial charge in [-0.25, -0.2) is 0 Å². The molecule has 0 radical (unpaired) electrons. The normalized spacial score (nSPS) is 10.2. The van der Waals surface area contributed by atoms with Crippen LogP contribution in [0.25, 0.3) is 0 Å². The van der Waals surface area contributed by atoms with Crippen LogP contribution in [-0.4, -0.2) is 20.3 Å². The number of hydrogen-bond acceptors (Lipinski definition) is 3. The van der Waals surface area contributed by atoms with Crippen molar-refractivity contribution in [2.45, 2.75) is 13.8 Å². The largest absolute Gasteiger partial charge is 0.493 e. The van der Waals surface area contributed by atoms with Crippen molar-refractivity contribution in [3.63, 3.8) is 0 Å². The van der Waals surface area contributed by atoms with E-state index in [4.69, 9.17) is 14.2 Å². The van der Waals surface area contributed by atoms with Gasteiger partial charge in [0.15, 0.2) is 11.5 Å². The molecule has 0 fully saturated rings. The van der Waals surface area contributed by atoms with Gasteiger partial charge < -0.3 is 14.2 Å². The van der Waals surface area contributed by atoms with Crippen LogP contribution in [0.2, 0.25) is 0 Å². The van der Waals surface area contributed by atoms with Crippen LogP contribution in [0.3, 0.4) is 0 Å². The van der Waals surface area contributed by atoms with Crippen molar-refractivity contribution in [3.8, 4) is 17.2 Å². The predicted molar refractivity (Wildman–Crippen MR) is 79.9 cm³/mol. The van der Waals surface area contributed by atoms with Crippen LogP contribution in [-0.2, 0) is 0 Å². The van der Waals surface area contributed by atoms with Crippen molar-refractivity contribution in [2.75, 3.05) is 20.3 Å². The number of rotatable bonds is 6. The minimum Gasteiger partial charge on any atom is -0.493 e. The lowest BCUT2D eigenvalue weighted by atomic mass is 10.1. The Hall–Kier alpha value is -2.16. The lowest BCUT2D eigenvalue weighted by Gasteiger charge is -2.11. The molecule has 0 aromatic heterocycles. The number of para-hydroxylation sites is 2. The predicted octanol–water partition coefficient (Wildman–Crippen LogP) is 3.77. The van der Waals surface area contributed by atoms with Gasteiger partial charge in [0.05, 0.1) is 7.11 Å². The first-order valence-corrected chi connectivity index (χ1v) is 6.66. The van der Waals surface area contributed by atoms with Gasteiger partial charge in [-0.15, -0.1) is 0 Å². The molecule has 0 heterocycles. The summed E-state index contributed by atoms with van der Waals surface area (Å²) in [6.45, 7) is 5.14. The van der Waals surface area contributed by atoms with Crippen molar-refractivity contribution in [1.29, 1.82) is 0 Å². The summed E-state index contributed by atoms with van der Waals surface area (Å²) in [5.41, 5.74) is 2.50. The van der Waals surface area contributed by atoms with Gasteiger partial charge in [-0.3, -0.25) is 0 Å². The summed E-state index contributed by atoms with van der Waals surface area (Å²) in [4.78, 5) is 0. The second kappa shape index (κ2) is 6.85. The number of methoxy groups -OCH3 is 1. The minimum atomic E-state index is 0.479. The fourth-order valence-electron chi connectivity index (χ4n) is 1.85. The highest BCUT2D eigenvalue weighted by atomic mass is 16.5. The van der Waals surface area contributed by atoms with Crippen LogP contribution in [0.5, 0.6) is 17.2 Å².